The number of rotatable bonds is 6. The largest absolute Gasteiger partial charge is 0.293 e. The molecule has 0 saturated carbocycles. The van der Waals surface area contributed by atoms with Gasteiger partial charge in [0.15, 0.2) is 0 Å². The second-order valence-corrected chi connectivity index (χ2v) is 14.2. The Labute approximate surface area is 282 Å². The summed E-state index contributed by atoms with van der Waals surface area (Å²) in [6, 6.07) is 33.8. The number of nitrogens with zero attached hydrogens (tertiary/aromatic N) is 6. The Morgan fingerprint density at radius 2 is 0.854 bits per heavy atom. The molecule has 6 heteroatoms. The molecule has 0 unspecified atom stereocenters. The minimum absolute atomic E-state index is 0.152. The van der Waals surface area contributed by atoms with Gasteiger partial charge in [0.2, 0.25) is 0 Å². The topological polar surface area (TPSA) is 58.0 Å². The van der Waals surface area contributed by atoms with Crippen molar-refractivity contribution in [1.82, 2.24) is 19.9 Å². The van der Waals surface area contributed by atoms with E-state index in [1.807, 2.05) is 73.3 Å². The highest BCUT2D eigenvalue weighted by molar-refractivity contribution is 6.09. The Kier molecular flexibility index (Phi) is 7.88. The van der Waals surface area contributed by atoms with E-state index in [9.17, 15) is 0 Å². The van der Waals surface area contributed by atoms with Crippen molar-refractivity contribution in [2.75, 3.05) is 9.80 Å². The van der Waals surface area contributed by atoms with Gasteiger partial charge in [-0.25, -0.2) is 9.97 Å². The van der Waals surface area contributed by atoms with Crippen LogP contribution >= 0.6 is 0 Å². The summed E-state index contributed by atoms with van der Waals surface area (Å²) in [5.41, 5.74) is 6.31. The van der Waals surface area contributed by atoms with E-state index in [1.165, 1.54) is 32.7 Å². The van der Waals surface area contributed by atoms with Crippen molar-refractivity contribution in [3.63, 3.8) is 0 Å². The molecule has 0 radical (unpaired) electrons. The molecule has 4 heterocycles. The Balaban J connectivity index is 1.54. The third kappa shape index (κ3) is 5.75. The van der Waals surface area contributed by atoms with Gasteiger partial charge < -0.3 is 0 Å². The van der Waals surface area contributed by atoms with Crippen LogP contribution in [0.3, 0.4) is 0 Å². The van der Waals surface area contributed by atoms with Crippen LogP contribution in [0.2, 0.25) is 0 Å². The molecule has 3 aromatic carbocycles. The van der Waals surface area contributed by atoms with Crippen molar-refractivity contribution in [3.8, 4) is 0 Å². The molecule has 0 aliphatic rings. The minimum atomic E-state index is -0.152. The minimum Gasteiger partial charge on any atom is -0.293 e. The highest BCUT2D eigenvalue weighted by atomic mass is 15.2. The standard InChI is InChI=1S/C42H40N6/c1-41(2,3)39-33-19-17-30(48(32-14-12-22-44-28-32)38-16-8-10-24-46-38)26-36(33)40(42(4,5)6)34-20-18-29(25-35(34)39)47(31-13-11-21-43-27-31)37-15-7-9-23-45-37/h7-28H,1-6H3. The molecule has 0 atom stereocenters. The first kappa shape index (κ1) is 31.0. The fourth-order valence-electron chi connectivity index (χ4n) is 6.87. The second-order valence-electron chi connectivity index (χ2n) is 14.2. The number of benzene rings is 3. The molecule has 238 valence electrons. The summed E-state index contributed by atoms with van der Waals surface area (Å²) in [6.07, 6.45) is 11.1. The van der Waals surface area contributed by atoms with Crippen molar-refractivity contribution < 1.29 is 0 Å². The molecule has 0 N–H and O–H groups in total. The Hall–Kier alpha value is -5.62. The highest BCUT2D eigenvalue weighted by Gasteiger charge is 2.29. The molecule has 7 aromatic rings. The summed E-state index contributed by atoms with van der Waals surface area (Å²) in [4.78, 5) is 22.8. The van der Waals surface area contributed by atoms with Crippen LogP contribution in [0.25, 0.3) is 21.5 Å². The Morgan fingerprint density at radius 1 is 0.417 bits per heavy atom. The smallest absolute Gasteiger partial charge is 0.137 e. The summed E-state index contributed by atoms with van der Waals surface area (Å²) in [7, 11) is 0. The molecule has 6 nitrogen and oxygen atoms in total. The number of aromatic nitrogens is 4. The molecule has 0 spiro atoms. The first-order chi connectivity index (χ1) is 23.1. The SMILES string of the molecule is CC(C)(C)c1c2ccc(N(c3cccnc3)c3ccccn3)cc2c(C(C)(C)C)c2ccc(N(c3cccnc3)c3ccccn3)cc12. The van der Waals surface area contributed by atoms with Crippen LogP contribution in [0, 0.1) is 0 Å². The average Bonchev–Trinajstić information content (AvgIpc) is 3.08. The monoisotopic (exact) mass is 628 g/mol. The van der Waals surface area contributed by atoms with E-state index in [4.69, 9.17) is 9.97 Å². The van der Waals surface area contributed by atoms with Crippen molar-refractivity contribution in [1.29, 1.82) is 0 Å². The van der Waals surface area contributed by atoms with Gasteiger partial charge in [0.1, 0.15) is 11.6 Å². The lowest BCUT2D eigenvalue weighted by molar-refractivity contribution is 0.593. The summed E-state index contributed by atoms with van der Waals surface area (Å²) < 4.78 is 0. The summed E-state index contributed by atoms with van der Waals surface area (Å²) in [5.74, 6) is 1.68. The first-order valence-corrected chi connectivity index (χ1v) is 16.4. The Bertz CT molecular complexity index is 1950. The van der Waals surface area contributed by atoms with Crippen LogP contribution in [0.15, 0.2) is 134 Å². The average molecular weight is 629 g/mol. The molecule has 0 aliphatic carbocycles. The van der Waals surface area contributed by atoms with E-state index in [2.05, 4.69) is 110 Å². The van der Waals surface area contributed by atoms with Crippen molar-refractivity contribution >= 4 is 55.9 Å². The fraction of sp³-hybridized carbons (Fsp3) is 0.190. The van der Waals surface area contributed by atoms with E-state index >= 15 is 0 Å². The molecule has 0 saturated heterocycles. The molecule has 0 fully saturated rings. The Morgan fingerprint density at radius 3 is 1.19 bits per heavy atom. The van der Waals surface area contributed by atoms with Crippen LogP contribution in [-0.2, 0) is 10.8 Å². The summed E-state index contributed by atoms with van der Waals surface area (Å²) in [5, 5.41) is 4.98. The number of hydrogen-bond acceptors (Lipinski definition) is 6. The predicted molar refractivity (Wildman–Crippen MR) is 199 cm³/mol. The van der Waals surface area contributed by atoms with Gasteiger partial charge in [0.25, 0.3) is 0 Å². The van der Waals surface area contributed by atoms with E-state index < -0.39 is 0 Å². The number of pyridine rings is 4. The lowest BCUT2D eigenvalue weighted by Gasteiger charge is -2.32. The van der Waals surface area contributed by atoms with Crippen LogP contribution in [0.5, 0.6) is 0 Å². The maximum Gasteiger partial charge on any atom is 0.137 e. The van der Waals surface area contributed by atoms with Gasteiger partial charge in [0, 0.05) is 36.2 Å². The van der Waals surface area contributed by atoms with Gasteiger partial charge in [0.05, 0.1) is 23.8 Å². The van der Waals surface area contributed by atoms with Gasteiger partial charge in [-0.1, -0.05) is 65.8 Å². The molecule has 7 rings (SSSR count). The maximum absolute atomic E-state index is 4.75. The number of anilines is 6. The molecule has 0 aliphatic heterocycles. The molecular weight excluding hydrogens is 589 g/mol. The molecule has 0 bridgehead atoms. The third-order valence-electron chi connectivity index (χ3n) is 8.67. The van der Waals surface area contributed by atoms with Crippen molar-refractivity contribution in [2.24, 2.45) is 0 Å². The lowest BCUT2D eigenvalue weighted by atomic mass is 9.74. The van der Waals surface area contributed by atoms with Gasteiger partial charge in [-0.2, -0.15) is 0 Å². The van der Waals surface area contributed by atoms with E-state index in [-0.39, 0.29) is 10.8 Å². The van der Waals surface area contributed by atoms with Gasteiger partial charge >= 0.3 is 0 Å². The van der Waals surface area contributed by atoms with Crippen LogP contribution in [-0.4, -0.2) is 19.9 Å². The third-order valence-corrected chi connectivity index (χ3v) is 8.67. The zero-order valence-electron chi connectivity index (χ0n) is 28.4. The zero-order valence-corrected chi connectivity index (χ0v) is 28.4. The van der Waals surface area contributed by atoms with E-state index in [1.54, 1.807) is 12.4 Å². The van der Waals surface area contributed by atoms with Gasteiger partial charge in [-0.15, -0.1) is 0 Å². The normalized spacial score (nSPS) is 12.0. The summed E-state index contributed by atoms with van der Waals surface area (Å²) in [6.45, 7) is 13.9. The van der Waals surface area contributed by atoms with E-state index in [0.717, 1.165) is 34.4 Å². The molecular formula is C42H40N6. The molecule has 4 aromatic heterocycles. The fourth-order valence-corrected chi connectivity index (χ4v) is 6.87. The number of hydrogen-bond donors (Lipinski definition) is 0. The van der Waals surface area contributed by atoms with Gasteiger partial charge in [-0.3, -0.25) is 19.8 Å². The second kappa shape index (κ2) is 12.2. The quantitative estimate of drug-likeness (QED) is 0.171. The zero-order chi connectivity index (χ0) is 33.5. The predicted octanol–water partition coefficient (Wildman–Crippen LogP) is 11.1. The highest BCUT2D eigenvalue weighted by Crippen LogP contribution is 2.47. The molecule has 48 heavy (non-hydrogen) atoms. The van der Waals surface area contributed by atoms with Crippen LogP contribution in [0.4, 0.5) is 34.4 Å². The number of fused-ring (bicyclic) bond motifs is 2. The first-order valence-electron chi connectivity index (χ1n) is 16.4. The maximum atomic E-state index is 4.75. The van der Waals surface area contributed by atoms with Crippen molar-refractivity contribution in [3.05, 3.63) is 145 Å². The molecule has 0 amide bonds. The van der Waals surface area contributed by atoms with Gasteiger partial charge in [-0.05, 0) is 116 Å². The lowest BCUT2D eigenvalue weighted by Crippen LogP contribution is -2.19. The summed E-state index contributed by atoms with van der Waals surface area (Å²) >= 11 is 0. The van der Waals surface area contributed by atoms with Crippen LogP contribution < -0.4 is 9.80 Å². The van der Waals surface area contributed by atoms with Crippen LogP contribution in [0.1, 0.15) is 52.7 Å². The van der Waals surface area contributed by atoms with E-state index in [0.29, 0.717) is 0 Å². The van der Waals surface area contributed by atoms with Crippen molar-refractivity contribution in [2.45, 2.75) is 52.4 Å².